The van der Waals surface area contributed by atoms with Gasteiger partial charge in [-0.2, -0.15) is 0 Å². The molecule has 0 radical (unpaired) electrons. The number of hydrogen-bond donors (Lipinski definition) is 0. The van der Waals surface area contributed by atoms with E-state index in [0.717, 1.165) is 44.5 Å². The molecular weight excluding hydrogens is 569 g/mol. The molecule has 4 heteroatoms. The van der Waals surface area contributed by atoms with Crippen molar-refractivity contribution in [2.24, 2.45) is 0 Å². The summed E-state index contributed by atoms with van der Waals surface area (Å²) in [5, 5.41) is 4.71. The molecule has 0 aliphatic carbocycles. The Balaban J connectivity index is 1.20. The minimum atomic E-state index is 0.638. The van der Waals surface area contributed by atoms with Crippen LogP contribution in [0.2, 0.25) is 0 Å². The lowest BCUT2D eigenvalue weighted by molar-refractivity contribution is 0.623. The van der Waals surface area contributed by atoms with Gasteiger partial charge in [0.1, 0.15) is 5.52 Å². The summed E-state index contributed by atoms with van der Waals surface area (Å²) in [6.45, 7) is 0. The maximum absolute atomic E-state index is 6.35. The molecule has 0 atom stereocenters. The van der Waals surface area contributed by atoms with E-state index in [1.165, 1.54) is 31.3 Å². The van der Waals surface area contributed by atoms with Crippen LogP contribution in [-0.2, 0) is 0 Å². The van der Waals surface area contributed by atoms with Crippen LogP contribution in [0.4, 0.5) is 17.1 Å². The fourth-order valence-corrected chi connectivity index (χ4v) is 7.36. The van der Waals surface area contributed by atoms with E-state index in [4.69, 9.17) is 9.40 Å². The highest BCUT2D eigenvalue weighted by Crippen LogP contribution is 2.42. The summed E-state index contributed by atoms with van der Waals surface area (Å²) < 4.78 is 8.95. The first-order valence-electron chi connectivity index (χ1n) is 15.0. The Kier molecular flexibility index (Phi) is 6.00. The van der Waals surface area contributed by atoms with Gasteiger partial charge >= 0.3 is 0 Å². The summed E-state index contributed by atoms with van der Waals surface area (Å²) in [7, 11) is 0. The predicted octanol–water partition coefficient (Wildman–Crippen LogP) is 12.2. The van der Waals surface area contributed by atoms with Crippen molar-refractivity contribution in [3.05, 3.63) is 158 Å². The van der Waals surface area contributed by atoms with Crippen molar-refractivity contribution in [1.82, 2.24) is 4.98 Å². The minimum Gasteiger partial charge on any atom is -0.435 e. The van der Waals surface area contributed by atoms with Crippen LogP contribution in [0.5, 0.6) is 0 Å². The molecule has 0 aliphatic rings. The number of aromatic nitrogens is 1. The summed E-state index contributed by atoms with van der Waals surface area (Å²) in [4.78, 5) is 7.14. The lowest BCUT2D eigenvalue weighted by Crippen LogP contribution is -2.09. The second kappa shape index (κ2) is 10.5. The highest BCUT2D eigenvalue weighted by molar-refractivity contribution is 7.25. The van der Waals surface area contributed by atoms with Crippen molar-refractivity contribution in [3.63, 3.8) is 0 Å². The fraction of sp³-hybridized carbons (Fsp3) is 0. The molecule has 0 N–H and O–H groups in total. The number of anilines is 3. The van der Waals surface area contributed by atoms with Gasteiger partial charge in [0.2, 0.25) is 5.89 Å². The van der Waals surface area contributed by atoms with Crippen molar-refractivity contribution in [3.8, 4) is 22.6 Å². The molecular formula is C41H26N2OS. The molecule has 212 valence electrons. The third-order valence-corrected chi connectivity index (χ3v) is 9.64. The number of fused-ring (bicyclic) bond motifs is 6. The Labute approximate surface area is 264 Å². The van der Waals surface area contributed by atoms with Gasteiger partial charge < -0.3 is 9.32 Å². The lowest BCUT2D eigenvalue weighted by atomic mass is 10.0. The first-order chi connectivity index (χ1) is 22.3. The first-order valence-corrected chi connectivity index (χ1v) is 15.9. The van der Waals surface area contributed by atoms with Gasteiger partial charge in [-0.25, -0.2) is 4.98 Å². The normalized spacial score (nSPS) is 11.6. The monoisotopic (exact) mass is 594 g/mol. The predicted molar refractivity (Wildman–Crippen MR) is 190 cm³/mol. The highest BCUT2D eigenvalue weighted by Gasteiger charge is 2.17. The molecule has 0 fully saturated rings. The van der Waals surface area contributed by atoms with Gasteiger partial charge in [0, 0.05) is 48.2 Å². The van der Waals surface area contributed by atoms with Crippen LogP contribution in [0.15, 0.2) is 162 Å². The molecule has 0 saturated carbocycles. The molecule has 7 aromatic carbocycles. The zero-order valence-electron chi connectivity index (χ0n) is 24.2. The standard InChI is InChI=1S/C41H26N2OS/c1-3-9-27(10-4-1)28-15-18-31(19-16-28)43(33-21-24-39-36(26-33)35-13-7-8-14-38(35)45-39)32-20-22-34-30(25-32)17-23-37-40(34)44-41(42-37)29-11-5-2-6-12-29/h1-26H. The average molecular weight is 595 g/mol. The van der Waals surface area contributed by atoms with E-state index < -0.39 is 0 Å². The zero-order valence-corrected chi connectivity index (χ0v) is 25.0. The summed E-state index contributed by atoms with van der Waals surface area (Å²) in [6, 6.07) is 55.7. The zero-order chi connectivity index (χ0) is 29.7. The van der Waals surface area contributed by atoms with E-state index in [1.54, 1.807) is 0 Å². The molecule has 2 aromatic heterocycles. The SMILES string of the molecule is c1ccc(-c2ccc(N(c3ccc4c(ccc5nc(-c6ccccc6)oc54)c3)c3ccc4sc5ccccc5c4c3)cc2)cc1. The maximum Gasteiger partial charge on any atom is 0.227 e. The first kappa shape index (κ1) is 25.8. The van der Waals surface area contributed by atoms with Crippen molar-refractivity contribution >= 4 is 70.4 Å². The van der Waals surface area contributed by atoms with Gasteiger partial charge in [0.25, 0.3) is 0 Å². The molecule has 0 bridgehead atoms. The van der Waals surface area contributed by atoms with E-state index in [9.17, 15) is 0 Å². The minimum absolute atomic E-state index is 0.638. The maximum atomic E-state index is 6.35. The molecule has 3 nitrogen and oxygen atoms in total. The van der Waals surface area contributed by atoms with Crippen molar-refractivity contribution < 1.29 is 4.42 Å². The quantitative estimate of drug-likeness (QED) is 0.198. The second-order valence-electron chi connectivity index (χ2n) is 11.2. The van der Waals surface area contributed by atoms with Gasteiger partial charge in [-0.05, 0) is 89.3 Å². The molecule has 0 amide bonds. The Morgan fingerprint density at radius 1 is 0.467 bits per heavy atom. The number of thiophene rings is 1. The second-order valence-corrected chi connectivity index (χ2v) is 12.3. The van der Waals surface area contributed by atoms with Crippen LogP contribution >= 0.6 is 11.3 Å². The third-order valence-electron chi connectivity index (χ3n) is 8.48. The van der Waals surface area contributed by atoms with Crippen molar-refractivity contribution in [1.29, 1.82) is 0 Å². The average Bonchev–Trinajstić information content (AvgIpc) is 3.72. The summed E-state index contributed by atoms with van der Waals surface area (Å²) in [6.07, 6.45) is 0. The molecule has 45 heavy (non-hydrogen) atoms. The number of oxazole rings is 1. The Hall–Kier alpha value is -5.71. The molecule has 9 aromatic rings. The largest absolute Gasteiger partial charge is 0.435 e. The fourth-order valence-electron chi connectivity index (χ4n) is 6.28. The molecule has 0 saturated heterocycles. The molecule has 9 rings (SSSR count). The number of rotatable bonds is 5. The third kappa shape index (κ3) is 4.46. The summed E-state index contributed by atoms with van der Waals surface area (Å²) in [5.41, 5.74) is 8.33. The molecule has 0 unspecified atom stereocenters. The molecule has 0 aliphatic heterocycles. The van der Waals surface area contributed by atoms with E-state index >= 15 is 0 Å². The van der Waals surface area contributed by atoms with E-state index in [2.05, 4.69) is 132 Å². The van der Waals surface area contributed by atoms with Gasteiger partial charge in [-0.3, -0.25) is 0 Å². The topological polar surface area (TPSA) is 29.3 Å². The van der Waals surface area contributed by atoms with Crippen molar-refractivity contribution in [2.45, 2.75) is 0 Å². The van der Waals surface area contributed by atoms with Gasteiger partial charge in [0.15, 0.2) is 5.58 Å². The summed E-state index contributed by atoms with van der Waals surface area (Å²) >= 11 is 1.84. The van der Waals surface area contributed by atoms with E-state index in [0.29, 0.717) is 5.89 Å². The van der Waals surface area contributed by atoms with Crippen LogP contribution in [0.1, 0.15) is 0 Å². The van der Waals surface area contributed by atoms with Gasteiger partial charge in [-0.1, -0.05) is 84.9 Å². The van der Waals surface area contributed by atoms with Crippen molar-refractivity contribution in [2.75, 3.05) is 4.90 Å². The number of nitrogens with zero attached hydrogens (tertiary/aromatic N) is 2. The number of hydrogen-bond acceptors (Lipinski definition) is 4. The Morgan fingerprint density at radius 2 is 1.11 bits per heavy atom. The Morgan fingerprint density at radius 3 is 1.93 bits per heavy atom. The van der Waals surface area contributed by atoms with Crippen LogP contribution in [0.3, 0.4) is 0 Å². The van der Waals surface area contributed by atoms with Crippen LogP contribution in [-0.4, -0.2) is 4.98 Å². The molecule has 0 spiro atoms. The summed E-state index contributed by atoms with van der Waals surface area (Å²) in [5.74, 6) is 0.638. The van der Waals surface area contributed by atoms with Crippen LogP contribution in [0, 0.1) is 0 Å². The van der Waals surface area contributed by atoms with Crippen LogP contribution in [0.25, 0.3) is 64.6 Å². The van der Waals surface area contributed by atoms with Crippen LogP contribution < -0.4 is 4.90 Å². The Bertz CT molecular complexity index is 2480. The molecule has 2 heterocycles. The smallest absolute Gasteiger partial charge is 0.227 e. The highest BCUT2D eigenvalue weighted by atomic mass is 32.1. The lowest BCUT2D eigenvalue weighted by Gasteiger charge is -2.26. The number of benzene rings is 7. The van der Waals surface area contributed by atoms with Gasteiger partial charge in [-0.15, -0.1) is 11.3 Å². The van der Waals surface area contributed by atoms with E-state index in [-0.39, 0.29) is 0 Å². The van der Waals surface area contributed by atoms with E-state index in [1.807, 2.05) is 41.7 Å². The van der Waals surface area contributed by atoms with Gasteiger partial charge in [0.05, 0.1) is 0 Å².